The highest BCUT2D eigenvalue weighted by Gasteiger charge is 2.19. The van der Waals surface area contributed by atoms with Crippen molar-refractivity contribution < 1.29 is 0 Å². The lowest BCUT2D eigenvalue weighted by molar-refractivity contribution is 1.62. The third-order valence-electron chi connectivity index (χ3n) is 7.28. The van der Waals surface area contributed by atoms with Crippen molar-refractivity contribution in [2.75, 3.05) is 0 Å². The monoisotopic (exact) mass is 610 g/mol. The predicted molar refractivity (Wildman–Crippen MR) is 154 cm³/mol. The maximum absolute atomic E-state index is 3.83. The van der Waals surface area contributed by atoms with Gasteiger partial charge in [-0.1, -0.05) is 48.5 Å². The summed E-state index contributed by atoms with van der Waals surface area (Å²) >= 11 is 11.3. The molecule has 154 valence electrons. The van der Waals surface area contributed by atoms with Crippen LogP contribution in [0, 0.1) is 0 Å². The lowest BCUT2D eigenvalue weighted by Crippen LogP contribution is -1.91. The van der Waals surface area contributed by atoms with Gasteiger partial charge in [0.1, 0.15) is 0 Å². The van der Waals surface area contributed by atoms with Crippen LogP contribution in [0.2, 0.25) is 0 Å². The minimum atomic E-state index is 1.05. The average molecular weight is 613 g/mol. The Morgan fingerprint density at radius 1 is 0.364 bits per heavy atom. The Hall–Kier alpha value is -2.46. The molecule has 3 heteroatoms. The molecule has 0 bridgehead atoms. The summed E-state index contributed by atoms with van der Waals surface area (Å²) in [6.45, 7) is 0. The van der Waals surface area contributed by atoms with Gasteiger partial charge in [0.25, 0.3) is 0 Å². The van der Waals surface area contributed by atoms with E-state index in [1.165, 1.54) is 75.4 Å². The molecular formula is C30H13Br3. The van der Waals surface area contributed by atoms with E-state index in [0.29, 0.717) is 0 Å². The van der Waals surface area contributed by atoms with Crippen LogP contribution in [0.5, 0.6) is 0 Å². The molecule has 0 aliphatic heterocycles. The number of hydrogen-bond acceptors (Lipinski definition) is 0. The second kappa shape index (κ2) is 6.35. The summed E-state index contributed by atoms with van der Waals surface area (Å²) in [6, 6.07) is 29.6. The zero-order valence-corrected chi connectivity index (χ0v) is 21.9. The molecule has 0 unspecified atom stereocenters. The average Bonchev–Trinajstić information content (AvgIpc) is 2.84. The summed E-state index contributed by atoms with van der Waals surface area (Å²) < 4.78 is 3.19. The van der Waals surface area contributed by atoms with Crippen LogP contribution >= 0.6 is 47.8 Å². The van der Waals surface area contributed by atoms with Crippen molar-refractivity contribution in [3.05, 3.63) is 92.3 Å². The van der Waals surface area contributed by atoms with Crippen LogP contribution in [0.4, 0.5) is 0 Å². The molecule has 0 heterocycles. The van der Waals surface area contributed by atoms with E-state index in [1.807, 2.05) is 0 Å². The van der Waals surface area contributed by atoms with E-state index in [1.54, 1.807) is 0 Å². The number of fused-ring (bicyclic) bond motifs is 4. The van der Waals surface area contributed by atoms with Crippen LogP contribution < -0.4 is 0 Å². The second-order valence-electron chi connectivity index (χ2n) is 8.93. The summed E-state index contributed by atoms with van der Waals surface area (Å²) in [6.07, 6.45) is 0. The fourth-order valence-electron chi connectivity index (χ4n) is 5.91. The van der Waals surface area contributed by atoms with Gasteiger partial charge in [-0.2, -0.15) is 0 Å². The lowest BCUT2D eigenvalue weighted by Gasteiger charge is -2.19. The first kappa shape index (κ1) is 18.9. The fourth-order valence-corrected chi connectivity index (χ4v) is 7.48. The van der Waals surface area contributed by atoms with E-state index in [-0.39, 0.29) is 0 Å². The van der Waals surface area contributed by atoms with Gasteiger partial charge in [-0.3, -0.25) is 0 Å². The molecule has 0 nitrogen and oxygen atoms in total. The quantitative estimate of drug-likeness (QED) is 0.0908. The molecular weight excluding hydrogens is 600 g/mol. The van der Waals surface area contributed by atoms with Crippen LogP contribution in [-0.2, 0) is 0 Å². The molecule has 8 aromatic carbocycles. The third kappa shape index (κ3) is 2.31. The molecule has 33 heavy (non-hydrogen) atoms. The van der Waals surface area contributed by atoms with E-state index < -0.39 is 0 Å². The van der Waals surface area contributed by atoms with E-state index in [9.17, 15) is 0 Å². The van der Waals surface area contributed by atoms with Gasteiger partial charge in [-0.15, -0.1) is 0 Å². The van der Waals surface area contributed by atoms with Crippen molar-refractivity contribution in [3.8, 4) is 0 Å². The highest BCUT2D eigenvalue weighted by atomic mass is 79.9. The summed E-state index contributed by atoms with van der Waals surface area (Å²) in [5, 5.41) is 18.5. The molecule has 0 saturated heterocycles. The van der Waals surface area contributed by atoms with E-state index in [2.05, 4.69) is 127 Å². The molecule has 0 radical (unpaired) electrons. The molecule has 8 rings (SSSR count). The Balaban J connectivity index is 1.73. The fraction of sp³-hybridized carbons (Fsp3) is 0. The zero-order valence-electron chi connectivity index (χ0n) is 17.1. The molecule has 0 N–H and O–H groups in total. The highest BCUT2D eigenvalue weighted by molar-refractivity contribution is 9.14. The van der Waals surface area contributed by atoms with Gasteiger partial charge in [-0.25, -0.2) is 0 Å². The van der Waals surface area contributed by atoms with Crippen LogP contribution in [0.1, 0.15) is 0 Å². The van der Waals surface area contributed by atoms with E-state index in [4.69, 9.17) is 0 Å². The Morgan fingerprint density at radius 3 is 1.61 bits per heavy atom. The number of halogens is 3. The molecule has 0 spiro atoms. The molecule has 0 aliphatic rings. The van der Waals surface area contributed by atoms with Gasteiger partial charge in [0, 0.05) is 13.4 Å². The van der Waals surface area contributed by atoms with E-state index >= 15 is 0 Å². The Morgan fingerprint density at radius 2 is 0.909 bits per heavy atom. The van der Waals surface area contributed by atoms with Crippen LogP contribution in [0.25, 0.3) is 75.4 Å². The standard InChI is InChI=1S/C30H13Br3/c31-24-13-20-22-11-18-7-5-15-9-14-3-1-2-4-19(14)21-10-17-8-6-16(12-23(20)29(32)30(24)33)26(22)28(17)27(18)25(15)21/h1-13H. The lowest BCUT2D eigenvalue weighted by atomic mass is 9.84. The van der Waals surface area contributed by atoms with Crippen molar-refractivity contribution in [1.29, 1.82) is 0 Å². The van der Waals surface area contributed by atoms with Gasteiger partial charge in [0.2, 0.25) is 0 Å². The first-order valence-electron chi connectivity index (χ1n) is 10.9. The maximum atomic E-state index is 3.83. The van der Waals surface area contributed by atoms with E-state index in [0.717, 1.165) is 13.4 Å². The third-order valence-corrected chi connectivity index (χ3v) is 10.6. The summed E-state index contributed by atoms with van der Waals surface area (Å²) in [4.78, 5) is 0. The Bertz CT molecular complexity index is 2100. The van der Waals surface area contributed by atoms with Crippen LogP contribution in [0.15, 0.2) is 92.3 Å². The number of benzene rings is 8. The van der Waals surface area contributed by atoms with Crippen molar-refractivity contribution in [1.82, 2.24) is 0 Å². The summed E-state index contributed by atoms with van der Waals surface area (Å²) in [5.74, 6) is 0. The minimum Gasteiger partial charge on any atom is -0.0616 e. The first-order valence-corrected chi connectivity index (χ1v) is 13.2. The molecule has 0 amide bonds. The molecule has 0 fully saturated rings. The Kier molecular flexibility index (Phi) is 3.64. The van der Waals surface area contributed by atoms with Crippen LogP contribution in [0.3, 0.4) is 0 Å². The normalized spacial score (nSPS) is 12.7. The topological polar surface area (TPSA) is 0 Å². The van der Waals surface area contributed by atoms with Gasteiger partial charge >= 0.3 is 0 Å². The smallest absolute Gasteiger partial charge is 0.0466 e. The summed E-state index contributed by atoms with van der Waals surface area (Å²) in [7, 11) is 0. The number of hydrogen-bond donors (Lipinski definition) is 0. The summed E-state index contributed by atoms with van der Waals surface area (Å²) in [5.41, 5.74) is 0. The maximum Gasteiger partial charge on any atom is 0.0466 e. The van der Waals surface area contributed by atoms with Crippen molar-refractivity contribution >= 4 is 123 Å². The van der Waals surface area contributed by atoms with Gasteiger partial charge in [0.15, 0.2) is 0 Å². The molecule has 8 aromatic rings. The van der Waals surface area contributed by atoms with Crippen molar-refractivity contribution in [2.45, 2.75) is 0 Å². The molecule has 0 atom stereocenters. The second-order valence-corrected chi connectivity index (χ2v) is 11.4. The SMILES string of the molecule is Brc1cc2c(cc3ccc4cc5c6ccccc6cc6ccc7cc2c3c4c7c65)c(Br)c1Br. The predicted octanol–water partition coefficient (Wildman–Crippen LogP) is 10.9. The van der Waals surface area contributed by atoms with Gasteiger partial charge in [0.05, 0.1) is 0 Å². The van der Waals surface area contributed by atoms with Gasteiger partial charge in [-0.05, 0) is 154 Å². The molecule has 0 aliphatic carbocycles. The highest BCUT2D eigenvalue weighted by Crippen LogP contribution is 2.48. The van der Waals surface area contributed by atoms with Gasteiger partial charge < -0.3 is 0 Å². The number of rotatable bonds is 0. The zero-order chi connectivity index (χ0) is 22.0. The van der Waals surface area contributed by atoms with Crippen molar-refractivity contribution in [3.63, 3.8) is 0 Å². The van der Waals surface area contributed by atoms with Crippen molar-refractivity contribution in [2.24, 2.45) is 0 Å². The molecule has 0 saturated carbocycles. The largest absolute Gasteiger partial charge is 0.0616 e. The van der Waals surface area contributed by atoms with Crippen LogP contribution in [-0.4, -0.2) is 0 Å². The minimum absolute atomic E-state index is 1.05. The Labute approximate surface area is 214 Å². The molecule has 0 aromatic heterocycles. The first-order chi connectivity index (χ1) is 16.1.